The summed E-state index contributed by atoms with van der Waals surface area (Å²) in [6, 6.07) is 4.99. The van der Waals surface area contributed by atoms with Crippen molar-refractivity contribution in [3.05, 3.63) is 34.8 Å². The van der Waals surface area contributed by atoms with Crippen LogP contribution in [0, 0.1) is 0 Å². The first-order chi connectivity index (χ1) is 8.47. The lowest BCUT2D eigenvalue weighted by Crippen LogP contribution is -2.08. The molecule has 0 saturated carbocycles. The van der Waals surface area contributed by atoms with Gasteiger partial charge in [0.2, 0.25) is 5.13 Å². The van der Waals surface area contributed by atoms with E-state index >= 15 is 0 Å². The maximum atomic E-state index is 12.7. The standard InChI is InChI=1S/C10H8F3N3OS/c11-10(12,13)6-3-1-2-4-7(6)17-5-8-15-16-9(14)18-8/h1-4H,5H2,(H2,14,16). The molecule has 0 aliphatic heterocycles. The number of rotatable bonds is 3. The summed E-state index contributed by atoms with van der Waals surface area (Å²) in [5, 5.41) is 7.87. The quantitative estimate of drug-likeness (QED) is 0.935. The molecule has 0 aliphatic rings. The molecule has 1 aromatic heterocycles. The lowest BCUT2D eigenvalue weighted by Gasteiger charge is -2.12. The number of nitrogens with zero attached hydrogens (tertiary/aromatic N) is 2. The fraction of sp³-hybridized carbons (Fsp3) is 0.200. The van der Waals surface area contributed by atoms with Gasteiger partial charge < -0.3 is 10.5 Å². The van der Waals surface area contributed by atoms with E-state index in [9.17, 15) is 13.2 Å². The number of nitrogen functional groups attached to an aromatic ring is 1. The van der Waals surface area contributed by atoms with E-state index in [1.807, 2.05) is 0 Å². The Morgan fingerprint density at radius 3 is 2.56 bits per heavy atom. The van der Waals surface area contributed by atoms with Crippen LogP contribution in [0.2, 0.25) is 0 Å². The van der Waals surface area contributed by atoms with Gasteiger partial charge >= 0.3 is 6.18 Å². The predicted octanol–water partition coefficient (Wildman–Crippen LogP) is 2.72. The topological polar surface area (TPSA) is 61.0 Å². The Labute approximate surface area is 104 Å². The van der Waals surface area contributed by atoms with Crippen LogP contribution >= 0.6 is 11.3 Å². The third-order valence-corrected chi connectivity index (χ3v) is 2.75. The number of halogens is 3. The molecule has 0 amide bonds. The van der Waals surface area contributed by atoms with Crippen LogP contribution in [0.15, 0.2) is 24.3 Å². The summed E-state index contributed by atoms with van der Waals surface area (Å²) in [6.45, 7) is -0.0953. The van der Waals surface area contributed by atoms with Crippen LogP contribution in [-0.4, -0.2) is 10.2 Å². The number of hydrogen-bond donors (Lipinski definition) is 1. The van der Waals surface area contributed by atoms with Crippen molar-refractivity contribution in [2.24, 2.45) is 0 Å². The Morgan fingerprint density at radius 2 is 1.94 bits per heavy atom. The average Bonchev–Trinajstić information content (AvgIpc) is 2.72. The zero-order chi connectivity index (χ0) is 13.2. The molecule has 1 heterocycles. The minimum Gasteiger partial charge on any atom is -0.486 e. The second-order valence-corrected chi connectivity index (χ2v) is 4.41. The van der Waals surface area contributed by atoms with Gasteiger partial charge in [0.05, 0.1) is 5.56 Å². The van der Waals surface area contributed by atoms with Crippen molar-refractivity contribution in [2.75, 3.05) is 5.73 Å². The monoisotopic (exact) mass is 275 g/mol. The van der Waals surface area contributed by atoms with E-state index in [1.54, 1.807) is 0 Å². The molecule has 0 radical (unpaired) electrons. The number of hydrogen-bond acceptors (Lipinski definition) is 5. The summed E-state index contributed by atoms with van der Waals surface area (Å²) in [4.78, 5) is 0. The summed E-state index contributed by atoms with van der Waals surface area (Å²) in [5.74, 6) is -0.237. The van der Waals surface area contributed by atoms with E-state index < -0.39 is 11.7 Å². The van der Waals surface area contributed by atoms with Crippen LogP contribution in [0.25, 0.3) is 0 Å². The summed E-state index contributed by atoms with van der Waals surface area (Å²) in [7, 11) is 0. The summed E-state index contributed by atoms with van der Waals surface area (Å²) >= 11 is 1.07. The maximum absolute atomic E-state index is 12.7. The molecule has 0 bridgehead atoms. The van der Waals surface area contributed by atoms with Crippen molar-refractivity contribution in [1.29, 1.82) is 0 Å². The van der Waals surface area contributed by atoms with Crippen molar-refractivity contribution < 1.29 is 17.9 Å². The van der Waals surface area contributed by atoms with Crippen molar-refractivity contribution >= 4 is 16.5 Å². The number of aromatic nitrogens is 2. The highest BCUT2D eigenvalue weighted by Gasteiger charge is 2.34. The van der Waals surface area contributed by atoms with E-state index in [0.717, 1.165) is 17.4 Å². The van der Waals surface area contributed by atoms with Crippen molar-refractivity contribution in [1.82, 2.24) is 10.2 Å². The molecule has 0 fully saturated rings. The minimum absolute atomic E-state index is 0.0953. The molecule has 4 nitrogen and oxygen atoms in total. The highest BCUT2D eigenvalue weighted by atomic mass is 32.1. The molecule has 0 atom stereocenters. The average molecular weight is 275 g/mol. The molecule has 2 N–H and O–H groups in total. The van der Waals surface area contributed by atoms with Crippen LogP contribution in [-0.2, 0) is 12.8 Å². The molecular weight excluding hydrogens is 267 g/mol. The summed E-state index contributed by atoms with van der Waals surface area (Å²) in [6.07, 6.45) is -4.45. The zero-order valence-electron chi connectivity index (χ0n) is 8.94. The van der Waals surface area contributed by atoms with E-state index in [1.165, 1.54) is 18.2 Å². The van der Waals surface area contributed by atoms with Crippen LogP contribution in [0.1, 0.15) is 10.6 Å². The Balaban J connectivity index is 2.14. The normalized spacial score (nSPS) is 11.5. The van der Waals surface area contributed by atoms with Gasteiger partial charge in [0.25, 0.3) is 0 Å². The highest BCUT2D eigenvalue weighted by molar-refractivity contribution is 7.15. The first-order valence-corrected chi connectivity index (χ1v) is 5.65. The van der Waals surface area contributed by atoms with E-state index in [-0.39, 0.29) is 17.5 Å². The van der Waals surface area contributed by atoms with Gasteiger partial charge in [-0.25, -0.2) is 0 Å². The lowest BCUT2D eigenvalue weighted by molar-refractivity contribution is -0.139. The molecule has 18 heavy (non-hydrogen) atoms. The summed E-state index contributed by atoms with van der Waals surface area (Å²) in [5.41, 5.74) is 4.54. The predicted molar refractivity (Wildman–Crippen MR) is 60.1 cm³/mol. The second kappa shape index (κ2) is 4.81. The van der Waals surface area contributed by atoms with E-state index in [4.69, 9.17) is 10.5 Å². The number of para-hydroxylation sites is 1. The van der Waals surface area contributed by atoms with Crippen LogP contribution < -0.4 is 10.5 Å². The van der Waals surface area contributed by atoms with Gasteiger partial charge in [-0.2, -0.15) is 13.2 Å². The van der Waals surface area contributed by atoms with Crippen LogP contribution in [0.3, 0.4) is 0 Å². The molecule has 2 aromatic rings. The third-order valence-electron chi connectivity index (χ3n) is 2.03. The largest absolute Gasteiger partial charge is 0.486 e. The first-order valence-electron chi connectivity index (χ1n) is 4.83. The molecule has 96 valence electrons. The van der Waals surface area contributed by atoms with Gasteiger partial charge in [-0.3, -0.25) is 0 Å². The van der Waals surface area contributed by atoms with Crippen LogP contribution in [0.5, 0.6) is 5.75 Å². The van der Waals surface area contributed by atoms with E-state index in [2.05, 4.69) is 10.2 Å². The molecule has 1 aromatic carbocycles. The number of alkyl halides is 3. The molecule has 8 heteroatoms. The van der Waals surface area contributed by atoms with Crippen molar-refractivity contribution in [3.8, 4) is 5.75 Å². The van der Waals surface area contributed by atoms with Crippen molar-refractivity contribution in [3.63, 3.8) is 0 Å². The van der Waals surface area contributed by atoms with E-state index in [0.29, 0.717) is 5.01 Å². The summed E-state index contributed by atoms with van der Waals surface area (Å²) < 4.78 is 43.1. The molecular formula is C10H8F3N3OS. The van der Waals surface area contributed by atoms with Gasteiger partial charge in [0.1, 0.15) is 12.4 Å². The third kappa shape index (κ3) is 2.89. The van der Waals surface area contributed by atoms with Gasteiger partial charge in [0.15, 0.2) is 5.01 Å². The molecule has 0 unspecified atom stereocenters. The molecule has 0 saturated heterocycles. The Kier molecular flexibility index (Phi) is 3.37. The Bertz CT molecular complexity index is 541. The molecule has 0 aliphatic carbocycles. The number of ether oxygens (including phenoxy) is 1. The van der Waals surface area contributed by atoms with Gasteiger partial charge in [0, 0.05) is 0 Å². The minimum atomic E-state index is -4.45. The first kappa shape index (κ1) is 12.6. The van der Waals surface area contributed by atoms with Crippen molar-refractivity contribution in [2.45, 2.75) is 12.8 Å². The number of nitrogens with two attached hydrogens (primary N) is 1. The smallest absolute Gasteiger partial charge is 0.419 e. The SMILES string of the molecule is Nc1nnc(COc2ccccc2C(F)(F)F)s1. The second-order valence-electron chi connectivity index (χ2n) is 3.32. The maximum Gasteiger partial charge on any atom is 0.419 e. The van der Waals surface area contributed by atoms with Gasteiger partial charge in [-0.15, -0.1) is 10.2 Å². The number of anilines is 1. The Morgan fingerprint density at radius 1 is 1.22 bits per heavy atom. The number of benzene rings is 1. The fourth-order valence-electron chi connectivity index (χ4n) is 1.29. The van der Waals surface area contributed by atoms with Gasteiger partial charge in [-0.1, -0.05) is 23.5 Å². The fourth-order valence-corrected chi connectivity index (χ4v) is 1.81. The zero-order valence-corrected chi connectivity index (χ0v) is 9.76. The lowest BCUT2D eigenvalue weighted by atomic mass is 10.2. The molecule has 2 rings (SSSR count). The highest BCUT2D eigenvalue weighted by Crippen LogP contribution is 2.36. The van der Waals surface area contributed by atoms with Gasteiger partial charge in [-0.05, 0) is 12.1 Å². The van der Waals surface area contributed by atoms with Crippen LogP contribution in [0.4, 0.5) is 18.3 Å². The molecule has 0 spiro atoms. The Hall–Kier alpha value is -1.83.